The lowest BCUT2D eigenvalue weighted by atomic mass is 10.1. The molecule has 3 N–H and O–H groups in total. The predicted molar refractivity (Wildman–Crippen MR) is 87.0 cm³/mol. The van der Waals surface area contributed by atoms with Gasteiger partial charge in [0.1, 0.15) is 0 Å². The first-order valence-electron chi connectivity index (χ1n) is 6.46. The Balaban J connectivity index is 2.05. The van der Waals surface area contributed by atoms with Gasteiger partial charge >= 0.3 is 0 Å². The molecule has 0 aromatic heterocycles. The Bertz CT molecular complexity index is 756. The van der Waals surface area contributed by atoms with Gasteiger partial charge in [-0.15, -0.1) is 0 Å². The zero-order chi connectivity index (χ0) is 16.2. The number of nitrogens with one attached hydrogen (secondary N) is 1. The Morgan fingerprint density at radius 3 is 2.09 bits per heavy atom. The van der Waals surface area contributed by atoms with E-state index in [0.29, 0.717) is 16.3 Å². The third-order valence-electron chi connectivity index (χ3n) is 2.88. The summed E-state index contributed by atoms with van der Waals surface area (Å²) in [5.74, 6) is -0.580. The zero-order valence-electron chi connectivity index (χ0n) is 11.6. The fourth-order valence-electron chi connectivity index (χ4n) is 1.91. The molecule has 0 saturated heterocycles. The van der Waals surface area contributed by atoms with E-state index < -0.39 is 15.9 Å². The van der Waals surface area contributed by atoms with Crippen molar-refractivity contribution in [3.05, 3.63) is 64.7 Å². The second kappa shape index (κ2) is 6.81. The van der Waals surface area contributed by atoms with Crippen molar-refractivity contribution in [2.24, 2.45) is 5.73 Å². The summed E-state index contributed by atoms with van der Waals surface area (Å²) in [5.41, 5.74) is 6.90. The molecule has 0 saturated carbocycles. The van der Waals surface area contributed by atoms with E-state index in [1.807, 2.05) is 0 Å². The molecule has 116 valence electrons. The number of rotatable bonds is 6. The fraction of sp³-hybridized carbons (Fsp3) is 0.133. The first-order chi connectivity index (χ1) is 10.3. The average molecular weight is 339 g/mol. The summed E-state index contributed by atoms with van der Waals surface area (Å²) in [4.78, 5) is 10.8. The van der Waals surface area contributed by atoms with Crippen LogP contribution in [0.4, 0.5) is 5.69 Å². The average Bonchev–Trinajstić information content (AvgIpc) is 2.42. The largest absolute Gasteiger partial charge is 0.369 e. The van der Waals surface area contributed by atoms with E-state index in [9.17, 15) is 13.2 Å². The molecular formula is C15H15ClN2O3S. The lowest BCUT2D eigenvalue weighted by Crippen LogP contribution is -2.15. The molecule has 0 atom stereocenters. The number of benzene rings is 2. The van der Waals surface area contributed by atoms with Crippen molar-refractivity contribution in [1.82, 2.24) is 0 Å². The van der Waals surface area contributed by atoms with Crippen LogP contribution in [0.15, 0.2) is 48.5 Å². The van der Waals surface area contributed by atoms with E-state index in [1.54, 1.807) is 48.5 Å². The van der Waals surface area contributed by atoms with Crippen LogP contribution in [-0.4, -0.2) is 14.3 Å². The van der Waals surface area contributed by atoms with Gasteiger partial charge < -0.3 is 5.73 Å². The van der Waals surface area contributed by atoms with Crippen LogP contribution in [0.25, 0.3) is 0 Å². The molecule has 5 nitrogen and oxygen atoms in total. The molecule has 0 aliphatic rings. The predicted octanol–water partition coefficient (Wildman–Crippen LogP) is 2.31. The van der Waals surface area contributed by atoms with Gasteiger partial charge in [0.15, 0.2) is 0 Å². The smallest absolute Gasteiger partial charge is 0.236 e. The van der Waals surface area contributed by atoms with E-state index in [4.69, 9.17) is 17.3 Å². The highest BCUT2D eigenvalue weighted by molar-refractivity contribution is 7.91. The molecule has 0 fully saturated rings. The van der Waals surface area contributed by atoms with Gasteiger partial charge in [0.05, 0.1) is 12.2 Å². The van der Waals surface area contributed by atoms with Gasteiger partial charge in [0.25, 0.3) is 0 Å². The maximum absolute atomic E-state index is 12.1. The maximum atomic E-state index is 12.1. The lowest BCUT2D eigenvalue weighted by Gasteiger charge is -2.09. The molecule has 0 spiro atoms. The molecule has 1 amide bonds. The number of carbonyl (C=O) groups excluding carboxylic acids is 1. The van der Waals surface area contributed by atoms with E-state index in [-0.39, 0.29) is 12.2 Å². The third-order valence-corrected chi connectivity index (χ3v) is 4.39. The lowest BCUT2D eigenvalue weighted by molar-refractivity contribution is -0.117. The summed E-state index contributed by atoms with van der Waals surface area (Å²) in [5, 5.41) is 0.555. The van der Waals surface area contributed by atoms with Crippen LogP contribution in [-0.2, 0) is 27.0 Å². The molecule has 2 rings (SSSR count). The molecule has 0 heterocycles. The minimum atomic E-state index is -3.52. The molecule has 0 unspecified atom stereocenters. The number of hydrogen-bond acceptors (Lipinski definition) is 3. The number of carbonyl (C=O) groups is 1. The first-order valence-corrected chi connectivity index (χ1v) is 8.49. The van der Waals surface area contributed by atoms with Gasteiger partial charge in [-0.2, -0.15) is 0 Å². The maximum Gasteiger partial charge on any atom is 0.236 e. The van der Waals surface area contributed by atoms with Gasteiger partial charge in [-0.25, -0.2) is 8.42 Å². The summed E-state index contributed by atoms with van der Waals surface area (Å²) in [6.07, 6.45) is 0.123. The van der Waals surface area contributed by atoms with Gasteiger partial charge in [-0.3, -0.25) is 9.52 Å². The monoisotopic (exact) mass is 338 g/mol. The van der Waals surface area contributed by atoms with E-state index in [2.05, 4.69) is 4.72 Å². The first kappa shape index (κ1) is 16.3. The molecule has 2 aromatic rings. The zero-order valence-corrected chi connectivity index (χ0v) is 13.2. The Morgan fingerprint density at radius 1 is 1.00 bits per heavy atom. The second-order valence-electron chi connectivity index (χ2n) is 4.83. The Labute approximate surface area is 134 Å². The Kier molecular flexibility index (Phi) is 5.05. The van der Waals surface area contributed by atoms with Crippen LogP contribution in [0.5, 0.6) is 0 Å². The molecule has 0 aliphatic carbocycles. The van der Waals surface area contributed by atoms with Crippen molar-refractivity contribution < 1.29 is 13.2 Å². The van der Waals surface area contributed by atoms with Crippen molar-refractivity contribution >= 4 is 33.2 Å². The molecule has 2 aromatic carbocycles. The minimum absolute atomic E-state index is 0.123. The SMILES string of the molecule is NC(=O)Cc1ccc(NS(=O)(=O)Cc2ccc(Cl)cc2)cc1. The van der Waals surface area contributed by atoms with Crippen molar-refractivity contribution in [3.8, 4) is 0 Å². The van der Waals surface area contributed by atoms with Crippen LogP contribution >= 0.6 is 11.6 Å². The van der Waals surface area contributed by atoms with Crippen LogP contribution in [0.3, 0.4) is 0 Å². The fourth-order valence-corrected chi connectivity index (χ4v) is 3.23. The number of hydrogen-bond donors (Lipinski definition) is 2. The number of sulfonamides is 1. The van der Waals surface area contributed by atoms with Crippen LogP contribution < -0.4 is 10.5 Å². The normalized spacial score (nSPS) is 11.1. The molecule has 22 heavy (non-hydrogen) atoms. The van der Waals surface area contributed by atoms with Crippen LogP contribution in [0, 0.1) is 0 Å². The van der Waals surface area contributed by atoms with E-state index >= 15 is 0 Å². The summed E-state index contributed by atoms with van der Waals surface area (Å²) in [7, 11) is -3.52. The van der Waals surface area contributed by atoms with E-state index in [1.165, 1.54) is 0 Å². The summed E-state index contributed by atoms with van der Waals surface area (Å²) >= 11 is 5.77. The summed E-state index contributed by atoms with van der Waals surface area (Å²) in [6.45, 7) is 0. The number of primary amides is 1. The Hall–Kier alpha value is -2.05. The molecule has 0 aliphatic heterocycles. The summed E-state index contributed by atoms with van der Waals surface area (Å²) in [6, 6.07) is 13.1. The second-order valence-corrected chi connectivity index (χ2v) is 6.99. The molecular weight excluding hydrogens is 324 g/mol. The quantitative estimate of drug-likeness (QED) is 0.847. The third kappa shape index (κ3) is 5.05. The number of anilines is 1. The number of halogens is 1. The van der Waals surface area contributed by atoms with E-state index in [0.717, 1.165) is 5.56 Å². The highest BCUT2D eigenvalue weighted by Crippen LogP contribution is 2.16. The van der Waals surface area contributed by atoms with Gasteiger partial charge in [-0.1, -0.05) is 35.9 Å². The number of nitrogens with two attached hydrogens (primary N) is 1. The summed E-state index contributed by atoms with van der Waals surface area (Å²) < 4.78 is 26.7. The van der Waals surface area contributed by atoms with Crippen molar-refractivity contribution in [1.29, 1.82) is 0 Å². The topological polar surface area (TPSA) is 89.3 Å². The van der Waals surface area contributed by atoms with Crippen molar-refractivity contribution in [2.75, 3.05) is 4.72 Å². The minimum Gasteiger partial charge on any atom is -0.369 e. The Morgan fingerprint density at radius 2 is 1.55 bits per heavy atom. The molecule has 0 bridgehead atoms. The van der Waals surface area contributed by atoms with Gasteiger partial charge in [0.2, 0.25) is 15.9 Å². The van der Waals surface area contributed by atoms with Crippen molar-refractivity contribution in [3.63, 3.8) is 0 Å². The van der Waals surface area contributed by atoms with Crippen LogP contribution in [0.1, 0.15) is 11.1 Å². The molecule has 7 heteroatoms. The van der Waals surface area contributed by atoms with Gasteiger partial charge in [-0.05, 0) is 35.4 Å². The highest BCUT2D eigenvalue weighted by atomic mass is 35.5. The number of amides is 1. The molecule has 0 radical (unpaired) electrons. The highest BCUT2D eigenvalue weighted by Gasteiger charge is 2.12. The van der Waals surface area contributed by atoms with Crippen LogP contribution in [0.2, 0.25) is 5.02 Å². The van der Waals surface area contributed by atoms with Crippen molar-refractivity contribution in [2.45, 2.75) is 12.2 Å². The van der Waals surface area contributed by atoms with Gasteiger partial charge in [0, 0.05) is 10.7 Å². The standard InChI is InChI=1S/C15H15ClN2O3S/c16-13-5-1-12(2-6-13)10-22(20,21)18-14-7-3-11(4-8-14)9-15(17)19/h1-8,18H,9-10H2,(H2,17,19).